The Hall–Kier alpha value is -1.42. The highest BCUT2D eigenvalue weighted by Gasteiger charge is 2.18. The van der Waals surface area contributed by atoms with Crippen LogP contribution in [0.2, 0.25) is 0 Å². The molecule has 1 aromatic rings. The molecule has 1 aromatic carbocycles. The Morgan fingerprint density at radius 1 is 1.21 bits per heavy atom. The highest BCUT2D eigenvalue weighted by atomic mass is 16.7. The highest BCUT2D eigenvalue weighted by Crippen LogP contribution is 2.38. The molecule has 0 amide bonds. The molecule has 1 aliphatic rings. The summed E-state index contributed by atoms with van der Waals surface area (Å²) in [6.07, 6.45) is 3.05. The van der Waals surface area contributed by atoms with Gasteiger partial charge in [-0.2, -0.15) is 0 Å². The lowest BCUT2D eigenvalue weighted by Gasteiger charge is -2.16. The number of hydrogen-bond donors (Lipinski definition) is 1. The van der Waals surface area contributed by atoms with Gasteiger partial charge >= 0.3 is 0 Å². The van der Waals surface area contributed by atoms with Gasteiger partial charge in [-0.15, -0.1) is 0 Å². The van der Waals surface area contributed by atoms with Crippen molar-refractivity contribution in [2.24, 2.45) is 11.7 Å². The van der Waals surface area contributed by atoms with E-state index in [-0.39, 0.29) is 6.79 Å². The summed E-state index contributed by atoms with van der Waals surface area (Å²) in [7, 11) is 0. The van der Waals surface area contributed by atoms with Gasteiger partial charge in [0.2, 0.25) is 6.79 Å². The van der Waals surface area contributed by atoms with Crippen molar-refractivity contribution >= 4 is 0 Å². The average Bonchev–Trinajstić information content (AvgIpc) is 2.87. The summed E-state index contributed by atoms with van der Waals surface area (Å²) in [6, 6.07) is 3.91. The largest absolute Gasteiger partial charge is 0.493 e. The van der Waals surface area contributed by atoms with Crippen molar-refractivity contribution in [3.63, 3.8) is 0 Å². The summed E-state index contributed by atoms with van der Waals surface area (Å²) in [5.74, 6) is 3.02. The fourth-order valence-corrected chi connectivity index (χ4v) is 2.18. The molecule has 0 aliphatic carbocycles. The summed E-state index contributed by atoms with van der Waals surface area (Å²) in [5, 5.41) is 0. The van der Waals surface area contributed by atoms with Crippen molar-refractivity contribution in [1.82, 2.24) is 0 Å². The number of benzene rings is 1. The molecule has 4 nitrogen and oxygen atoms in total. The number of fused-ring (bicyclic) bond motifs is 1. The van der Waals surface area contributed by atoms with Crippen LogP contribution in [0.5, 0.6) is 17.2 Å². The molecule has 2 rings (SSSR count). The molecular formula is C15H23NO3. The van der Waals surface area contributed by atoms with Crippen LogP contribution in [0.3, 0.4) is 0 Å². The van der Waals surface area contributed by atoms with Crippen LogP contribution in [-0.4, -0.2) is 19.9 Å². The quantitative estimate of drug-likeness (QED) is 0.823. The first-order valence-corrected chi connectivity index (χ1v) is 7.03. The topological polar surface area (TPSA) is 53.7 Å². The van der Waals surface area contributed by atoms with E-state index < -0.39 is 0 Å². The molecule has 0 spiro atoms. The minimum absolute atomic E-state index is 0.285. The Balaban J connectivity index is 2.13. The van der Waals surface area contributed by atoms with E-state index in [1.54, 1.807) is 0 Å². The molecular weight excluding hydrogens is 242 g/mol. The zero-order valence-corrected chi connectivity index (χ0v) is 11.8. The van der Waals surface area contributed by atoms with Crippen LogP contribution >= 0.6 is 0 Å². The molecule has 4 heteroatoms. The molecule has 0 atom stereocenters. The van der Waals surface area contributed by atoms with Crippen molar-refractivity contribution in [2.45, 2.75) is 33.1 Å². The first-order valence-electron chi connectivity index (χ1n) is 7.03. The number of hydrogen-bond acceptors (Lipinski definition) is 4. The Bertz CT molecular complexity index is 416. The van der Waals surface area contributed by atoms with E-state index >= 15 is 0 Å². The molecule has 0 unspecified atom stereocenters. The van der Waals surface area contributed by atoms with Gasteiger partial charge in [0.15, 0.2) is 11.5 Å². The predicted octanol–water partition coefficient (Wildman–Crippen LogP) is 2.73. The number of rotatable bonds is 7. The third-order valence-corrected chi connectivity index (χ3v) is 3.60. The van der Waals surface area contributed by atoms with Crippen molar-refractivity contribution in [2.75, 3.05) is 19.9 Å². The molecule has 0 radical (unpaired) electrons. The zero-order valence-electron chi connectivity index (χ0n) is 11.8. The summed E-state index contributed by atoms with van der Waals surface area (Å²) < 4.78 is 16.8. The van der Waals surface area contributed by atoms with E-state index in [9.17, 15) is 0 Å². The van der Waals surface area contributed by atoms with E-state index in [1.807, 2.05) is 12.1 Å². The monoisotopic (exact) mass is 265 g/mol. The van der Waals surface area contributed by atoms with Crippen LogP contribution in [0.1, 0.15) is 32.3 Å². The van der Waals surface area contributed by atoms with Crippen molar-refractivity contribution < 1.29 is 14.2 Å². The molecule has 106 valence electrons. The predicted molar refractivity (Wildman–Crippen MR) is 74.9 cm³/mol. The van der Waals surface area contributed by atoms with E-state index in [0.29, 0.717) is 12.5 Å². The second-order valence-electron chi connectivity index (χ2n) is 4.85. The Morgan fingerprint density at radius 3 is 2.53 bits per heavy atom. The van der Waals surface area contributed by atoms with Crippen LogP contribution in [0.25, 0.3) is 0 Å². The van der Waals surface area contributed by atoms with Crippen LogP contribution < -0.4 is 19.9 Å². The fraction of sp³-hybridized carbons (Fsp3) is 0.600. The molecule has 2 N–H and O–H groups in total. The Morgan fingerprint density at radius 2 is 1.89 bits per heavy atom. The van der Waals surface area contributed by atoms with Gasteiger partial charge in [0.05, 0.1) is 6.61 Å². The normalized spacial score (nSPS) is 13.1. The van der Waals surface area contributed by atoms with Gasteiger partial charge in [-0.3, -0.25) is 0 Å². The summed E-state index contributed by atoms with van der Waals surface area (Å²) >= 11 is 0. The molecule has 1 heterocycles. The Kier molecular flexibility index (Phi) is 4.91. The molecule has 0 aromatic heterocycles. The fourth-order valence-electron chi connectivity index (χ4n) is 2.18. The van der Waals surface area contributed by atoms with E-state index in [4.69, 9.17) is 19.9 Å². The van der Waals surface area contributed by atoms with E-state index in [0.717, 1.165) is 48.7 Å². The minimum atomic E-state index is 0.285. The van der Waals surface area contributed by atoms with Crippen molar-refractivity contribution in [3.05, 3.63) is 17.7 Å². The maximum absolute atomic E-state index is 5.97. The summed E-state index contributed by atoms with van der Waals surface area (Å²) in [6.45, 7) is 6.01. The third-order valence-electron chi connectivity index (χ3n) is 3.60. The third kappa shape index (κ3) is 3.32. The van der Waals surface area contributed by atoms with Gasteiger partial charge in [-0.25, -0.2) is 0 Å². The zero-order chi connectivity index (χ0) is 13.7. The molecule has 1 aliphatic heterocycles. The van der Waals surface area contributed by atoms with Gasteiger partial charge < -0.3 is 19.9 Å². The first kappa shape index (κ1) is 14.0. The highest BCUT2D eigenvalue weighted by molar-refractivity contribution is 5.52. The molecule has 0 bridgehead atoms. The van der Waals surface area contributed by atoms with Crippen molar-refractivity contribution in [3.8, 4) is 17.2 Å². The smallest absolute Gasteiger partial charge is 0.231 e. The lowest BCUT2D eigenvalue weighted by atomic mass is 10.1. The van der Waals surface area contributed by atoms with Gasteiger partial charge in [0.25, 0.3) is 0 Å². The second-order valence-corrected chi connectivity index (χ2v) is 4.85. The van der Waals surface area contributed by atoms with Crippen LogP contribution in [-0.2, 0) is 6.42 Å². The lowest BCUT2D eigenvalue weighted by Crippen LogP contribution is -2.12. The van der Waals surface area contributed by atoms with Crippen molar-refractivity contribution in [1.29, 1.82) is 0 Å². The van der Waals surface area contributed by atoms with Crippen LogP contribution in [0, 0.1) is 5.92 Å². The van der Waals surface area contributed by atoms with E-state index in [1.165, 1.54) is 0 Å². The summed E-state index contributed by atoms with van der Waals surface area (Å²) in [4.78, 5) is 0. The standard InChI is InChI=1S/C15H23NO3/c1-3-11(4-2)9-17-13-8-15-14(18-10-19-15)7-12(13)5-6-16/h7-8,11H,3-6,9-10,16H2,1-2H3. The SMILES string of the molecule is CCC(CC)COc1cc2c(cc1CCN)OCO2. The van der Waals surface area contributed by atoms with Gasteiger partial charge in [-0.1, -0.05) is 26.7 Å². The van der Waals surface area contributed by atoms with Gasteiger partial charge in [-0.05, 0) is 30.5 Å². The number of nitrogens with two attached hydrogens (primary N) is 1. The maximum atomic E-state index is 5.97. The molecule has 0 saturated heterocycles. The average molecular weight is 265 g/mol. The minimum Gasteiger partial charge on any atom is -0.493 e. The first-order chi connectivity index (χ1) is 9.28. The maximum Gasteiger partial charge on any atom is 0.231 e. The lowest BCUT2D eigenvalue weighted by molar-refractivity contribution is 0.173. The molecule has 19 heavy (non-hydrogen) atoms. The van der Waals surface area contributed by atoms with Gasteiger partial charge in [0, 0.05) is 6.07 Å². The summed E-state index contributed by atoms with van der Waals surface area (Å²) in [5.41, 5.74) is 6.75. The van der Waals surface area contributed by atoms with Crippen LogP contribution in [0.15, 0.2) is 12.1 Å². The molecule has 0 fully saturated rings. The Labute approximate surface area is 114 Å². The van der Waals surface area contributed by atoms with Crippen LogP contribution in [0.4, 0.5) is 0 Å². The van der Waals surface area contributed by atoms with Gasteiger partial charge in [0.1, 0.15) is 5.75 Å². The van der Waals surface area contributed by atoms with E-state index in [2.05, 4.69) is 13.8 Å². The number of ether oxygens (including phenoxy) is 3. The molecule has 0 saturated carbocycles. The second kappa shape index (κ2) is 6.66.